The molecule has 0 fully saturated rings. The molecule has 0 heterocycles. The number of ether oxygens (including phenoxy) is 1. The summed E-state index contributed by atoms with van der Waals surface area (Å²) in [5, 5.41) is 9.21. The van der Waals surface area contributed by atoms with E-state index in [9.17, 15) is 9.50 Å². The van der Waals surface area contributed by atoms with Crippen LogP contribution >= 0.6 is 0 Å². The molecule has 0 aromatic heterocycles. The molecule has 1 unspecified atom stereocenters. The molecular weight excluding hydrogens is 207 g/mol. The van der Waals surface area contributed by atoms with Crippen LogP contribution in [-0.4, -0.2) is 24.9 Å². The second kappa shape index (κ2) is 7.36. The van der Waals surface area contributed by atoms with Gasteiger partial charge in [0.05, 0.1) is 0 Å². The van der Waals surface area contributed by atoms with Crippen LogP contribution in [0, 0.1) is 11.7 Å². The maximum Gasteiger partial charge on any atom is 0.123 e. The van der Waals surface area contributed by atoms with Crippen molar-refractivity contribution in [2.45, 2.75) is 19.8 Å². The molecule has 0 aliphatic rings. The molecule has 0 amide bonds. The molecule has 16 heavy (non-hydrogen) atoms. The summed E-state index contributed by atoms with van der Waals surface area (Å²) >= 11 is 0. The van der Waals surface area contributed by atoms with Crippen LogP contribution in [0.25, 0.3) is 0 Å². The summed E-state index contributed by atoms with van der Waals surface area (Å²) in [5.74, 6) is -0.0765. The van der Waals surface area contributed by atoms with E-state index in [1.54, 1.807) is 6.07 Å². The predicted octanol–water partition coefficient (Wildman–Crippen LogP) is 2.40. The molecular formula is C13H19FO2. The first-order valence-corrected chi connectivity index (χ1v) is 5.69. The lowest BCUT2D eigenvalue weighted by atomic mass is 9.97. The van der Waals surface area contributed by atoms with Crippen molar-refractivity contribution >= 4 is 0 Å². The zero-order valence-electron chi connectivity index (χ0n) is 9.66. The third-order valence-corrected chi connectivity index (χ3v) is 2.55. The van der Waals surface area contributed by atoms with E-state index in [0.29, 0.717) is 19.6 Å². The molecule has 90 valence electrons. The fourth-order valence-electron chi connectivity index (χ4n) is 1.65. The fourth-order valence-corrected chi connectivity index (χ4v) is 1.65. The zero-order valence-corrected chi connectivity index (χ0v) is 9.66. The van der Waals surface area contributed by atoms with E-state index in [1.807, 2.05) is 13.0 Å². The molecule has 2 nitrogen and oxygen atoms in total. The minimum atomic E-state index is -0.223. The van der Waals surface area contributed by atoms with Crippen molar-refractivity contribution in [1.29, 1.82) is 0 Å². The predicted molar refractivity (Wildman–Crippen MR) is 61.8 cm³/mol. The van der Waals surface area contributed by atoms with E-state index in [2.05, 4.69) is 0 Å². The highest BCUT2D eigenvalue weighted by molar-refractivity contribution is 5.16. The second-order valence-corrected chi connectivity index (χ2v) is 3.87. The summed E-state index contributed by atoms with van der Waals surface area (Å²) in [6.45, 7) is 3.40. The normalized spacial score (nSPS) is 12.7. The van der Waals surface area contributed by atoms with Gasteiger partial charge in [0.1, 0.15) is 5.82 Å². The SMILES string of the molecule is CCOCCC(CO)Cc1cccc(F)c1. The Bertz CT molecular complexity index is 302. The van der Waals surface area contributed by atoms with E-state index < -0.39 is 0 Å². The first kappa shape index (κ1) is 13.1. The van der Waals surface area contributed by atoms with E-state index in [4.69, 9.17) is 4.74 Å². The maximum atomic E-state index is 12.9. The molecule has 0 saturated carbocycles. The number of rotatable bonds is 7. The van der Waals surface area contributed by atoms with Crippen LogP contribution in [0.5, 0.6) is 0 Å². The van der Waals surface area contributed by atoms with Crippen LogP contribution in [0.3, 0.4) is 0 Å². The first-order chi connectivity index (χ1) is 7.76. The fraction of sp³-hybridized carbons (Fsp3) is 0.538. The van der Waals surface area contributed by atoms with Crippen LogP contribution in [0.1, 0.15) is 18.9 Å². The largest absolute Gasteiger partial charge is 0.396 e. The summed E-state index contributed by atoms with van der Waals surface area (Å²) in [7, 11) is 0. The average molecular weight is 226 g/mol. The molecule has 1 aromatic carbocycles. The Morgan fingerprint density at radius 1 is 1.44 bits per heavy atom. The lowest BCUT2D eigenvalue weighted by Gasteiger charge is -2.13. The number of halogens is 1. The van der Waals surface area contributed by atoms with E-state index in [-0.39, 0.29) is 18.3 Å². The maximum absolute atomic E-state index is 12.9. The van der Waals surface area contributed by atoms with Crippen LogP contribution < -0.4 is 0 Å². The number of benzene rings is 1. The summed E-state index contributed by atoms with van der Waals surface area (Å²) in [6.07, 6.45) is 1.50. The minimum Gasteiger partial charge on any atom is -0.396 e. The van der Waals surface area contributed by atoms with Gasteiger partial charge in [-0.2, -0.15) is 0 Å². The molecule has 0 spiro atoms. The van der Waals surface area contributed by atoms with Gasteiger partial charge in [0.2, 0.25) is 0 Å². The van der Waals surface area contributed by atoms with Gasteiger partial charge in [0.25, 0.3) is 0 Å². The van der Waals surface area contributed by atoms with Gasteiger partial charge in [-0.05, 0) is 43.4 Å². The summed E-state index contributed by atoms with van der Waals surface area (Å²) in [6, 6.07) is 6.52. The monoisotopic (exact) mass is 226 g/mol. The van der Waals surface area contributed by atoms with Crippen molar-refractivity contribution in [3.63, 3.8) is 0 Å². The van der Waals surface area contributed by atoms with Gasteiger partial charge in [0, 0.05) is 19.8 Å². The highest BCUT2D eigenvalue weighted by Crippen LogP contribution is 2.13. The molecule has 0 bridgehead atoms. The standard InChI is InChI=1S/C13H19FO2/c1-2-16-7-6-12(10-15)8-11-4-3-5-13(14)9-11/h3-5,9,12,15H,2,6-8,10H2,1H3. The van der Waals surface area contributed by atoms with Crippen LogP contribution in [-0.2, 0) is 11.2 Å². The third kappa shape index (κ3) is 4.73. The van der Waals surface area contributed by atoms with Crippen molar-refractivity contribution < 1.29 is 14.2 Å². The quantitative estimate of drug-likeness (QED) is 0.723. The van der Waals surface area contributed by atoms with Gasteiger partial charge in [-0.25, -0.2) is 4.39 Å². The second-order valence-electron chi connectivity index (χ2n) is 3.87. The van der Waals surface area contributed by atoms with Crippen LogP contribution in [0.4, 0.5) is 4.39 Å². The zero-order chi connectivity index (χ0) is 11.8. The Balaban J connectivity index is 2.43. The highest BCUT2D eigenvalue weighted by Gasteiger charge is 2.08. The Morgan fingerprint density at radius 3 is 2.88 bits per heavy atom. The Morgan fingerprint density at radius 2 is 2.25 bits per heavy atom. The molecule has 3 heteroatoms. The molecule has 1 aromatic rings. The molecule has 1 rings (SSSR count). The van der Waals surface area contributed by atoms with Gasteiger partial charge in [-0.3, -0.25) is 0 Å². The highest BCUT2D eigenvalue weighted by atomic mass is 19.1. The van der Waals surface area contributed by atoms with Gasteiger partial charge in [-0.1, -0.05) is 12.1 Å². The van der Waals surface area contributed by atoms with Gasteiger partial charge >= 0.3 is 0 Å². The topological polar surface area (TPSA) is 29.5 Å². The molecule has 1 atom stereocenters. The van der Waals surface area contributed by atoms with Crippen LogP contribution in [0.2, 0.25) is 0 Å². The Labute approximate surface area is 96.1 Å². The van der Waals surface area contributed by atoms with E-state index in [1.165, 1.54) is 12.1 Å². The van der Waals surface area contributed by atoms with E-state index >= 15 is 0 Å². The first-order valence-electron chi connectivity index (χ1n) is 5.69. The Kier molecular flexibility index (Phi) is 6.04. The van der Waals surface area contributed by atoms with E-state index in [0.717, 1.165) is 12.0 Å². The molecule has 0 aliphatic carbocycles. The Hall–Kier alpha value is -0.930. The number of aliphatic hydroxyl groups is 1. The third-order valence-electron chi connectivity index (χ3n) is 2.55. The lowest BCUT2D eigenvalue weighted by molar-refractivity contribution is 0.115. The summed E-state index contributed by atoms with van der Waals surface area (Å²) in [4.78, 5) is 0. The summed E-state index contributed by atoms with van der Waals surface area (Å²) < 4.78 is 18.2. The van der Waals surface area contributed by atoms with Gasteiger partial charge in [-0.15, -0.1) is 0 Å². The van der Waals surface area contributed by atoms with Gasteiger partial charge in [0.15, 0.2) is 0 Å². The van der Waals surface area contributed by atoms with Crippen molar-refractivity contribution in [2.24, 2.45) is 5.92 Å². The minimum absolute atomic E-state index is 0.115. The molecule has 0 radical (unpaired) electrons. The number of aliphatic hydroxyl groups excluding tert-OH is 1. The average Bonchev–Trinajstić information content (AvgIpc) is 2.28. The smallest absolute Gasteiger partial charge is 0.123 e. The van der Waals surface area contributed by atoms with Crippen molar-refractivity contribution in [3.8, 4) is 0 Å². The molecule has 1 N–H and O–H groups in total. The summed E-state index contributed by atoms with van der Waals surface area (Å²) in [5.41, 5.74) is 0.926. The molecule has 0 aliphatic heterocycles. The number of hydrogen-bond acceptors (Lipinski definition) is 2. The van der Waals surface area contributed by atoms with Crippen molar-refractivity contribution in [2.75, 3.05) is 19.8 Å². The van der Waals surface area contributed by atoms with Crippen molar-refractivity contribution in [3.05, 3.63) is 35.6 Å². The molecule has 0 saturated heterocycles. The van der Waals surface area contributed by atoms with Gasteiger partial charge < -0.3 is 9.84 Å². The lowest BCUT2D eigenvalue weighted by Crippen LogP contribution is -2.13. The van der Waals surface area contributed by atoms with Crippen LogP contribution in [0.15, 0.2) is 24.3 Å². The van der Waals surface area contributed by atoms with Crippen molar-refractivity contribution in [1.82, 2.24) is 0 Å². The number of hydrogen-bond donors (Lipinski definition) is 1.